The van der Waals surface area contributed by atoms with E-state index in [1.807, 2.05) is 142 Å². The third-order valence-electron chi connectivity index (χ3n) is 29.1. The first-order valence-electron chi connectivity index (χ1n) is 44.8. The number of carbonyl (C=O) groups excluding carboxylic acids is 12. The van der Waals surface area contributed by atoms with E-state index in [4.69, 9.17) is 144 Å². The molecule has 0 bridgehead atoms. The second-order valence-corrected chi connectivity index (χ2v) is 44.7. The molecule has 145 heavy (non-hydrogen) atoms. The summed E-state index contributed by atoms with van der Waals surface area (Å²) in [6, 6.07) is 77.4. The molecule has 18 atom stereocenters. The first kappa shape index (κ1) is 103. The number of carbonyl (C=O) groups is 12. The summed E-state index contributed by atoms with van der Waals surface area (Å²) in [6.45, 7) is 7.21. The van der Waals surface area contributed by atoms with Gasteiger partial charge < -0.3 is 4.74 Å². The normalized spacial score (nSPS) is 27.1. The van der Waals surface area contributed by atoms with Crippen LogP contribution in [-0.2, 0) is 57.5 Å². The second-order valence-electron chi connectivity index (χ2n) is 37.6. The number of hydrogen-bond acceptors (Lipinski definition) is 14. The lowest BCUT2D eigenvalue weighted by atomic mass is 9.99. The molecule has 20 nitrogen and oxygen atoms in total. The molecule has 6 heterocycles. The summed E-state index contributed by atoms with van der Waals surface area (Å²) in [4.78, 5) is 161. The lowest BCUT2D eigenvalue weighted by molar-refractivity contribution is -0.274. The topological polar surface area (TPSA) is 257 Å². The average Bonchev–Trinajstić information content (AvgIpc) is 1.50. The van der Waals surface area contributed by atoms with Gasteiger partial charge >= 0.3 is 6.36 Å². The Morgan fingerprint density at radius 3 is 0.683 bits per heavy atom. The number of piperidine rings is 6. The van der Waals surface area contributed by atoms with Crippen molar-refractivity contribution < 1.29 is 75.4 Å². The largest absolute Gasteiger partial charge is 0.573 e. The summed E-state index contributed by atoms with van der Waals surface area (Å²) in [5, 5.41) is 13.4. The highest BCUT2D eigenvalue weighted by Crippen LogP contribution is 2.74. The van der Waals surface area contributed by atoms with Crippen molar-refractivity contribution in [2.24, 2.45) is 69.0 Å². The van der Waals surface area contributed by atoms with Crippen molar-refractivity contribution in [2.45, 2.75) is 69.6 Å². The number of nitrogens with zero attached hydrogens (tertiary/aromatic N) is 7. The summed E-state index contributed by atoms with van der Waals surface area (Å²) < 4.78 is 42.7. The molecule has 6 aliphatic heterocycles. The predicted molar refractivity (Wildman–Crippen MR) is 556 cm³/mol. The Morgan fingerprint density at radius 1 is 0.262 bits per heavy atom. The van der Waals surface area contributed by atoms with Crippen molar-refractivity contribution in [3.8, 4) is 11.8 Å². The van der Waals surface area contributed by atoms with Crippen LogP contribution in [0.2, 0.25) is 60.3 Å². The van der Waals surface area contributed by atoms with Crippen molar-refractivity contribution >= 4 is 276 Å². The van der Waals surface area contributed by atoms with E-state index < -0.39 is 45.8 Å². The van der Waals surface area contributed by atoms with E-state index in [9.17, 15) is 70.7 Å². The Morgan fingerprint density at radius 2 is 0.462 bits per heavy atom. The maximum atomic E-state index is 13.0. The van der Waals surface area contributed by atoms with E-state index in [1.54, 1.807) is 110 Å². The van der Waals surface area contributed by atoms with Gasteiger partial charge in [0, 0.05) is 105 Å². The van der Waals surface area contributed by atoms with Crippen molar-refractivity contribution in [3.05, 3.63) is 375 Å². The minimum atomic E-state index is -4.78. The third kappa shape index (κ3) is 18.4. The number of imide groups is 6. The van der Waals surface area contributed by atoms with Gasteiger partial charge in [0.05, 0.1) is 115 Å². The van der Waals surface area contributed by atoms with Gasteiger partial charge in [-0.25, -0.2) is 29.4 Å². The Labute approximate surface area is 903 Å². The number of fused-ring (bicyclic) bond motifs is 6. The van der Waals surface area contributed by atoms with Crippen molar-refractivity contribution in [2.75, 3.05) is 29.4 Å². The van der Waals surface area contributed by atoms with Crippen LogP contribution < -0.4 is 34.1 Å². The van der Waals surface area contributed by atoms with E-state index in [0.29, 0.717) is 106 Å². The van der Waals surface area contributed by atoms with Crippen molar-refractivity contribution in [1.82, 2.24) is 0 Å². The summed E-state index contributed by atoms with van der Waals surface area (Å²) in [7, 11) is 0. The van der Waals surface area contributed by atoms with Gasteiger partial charge in [-0.1, -0.05) is 280 Å². The Bertz CT molecular complexity index is 7430. The number of hydrogen-bond donors (Lipinski definition) is 0. The zero-order valence-electron chi connectivity index (χ0n) is 75.3. The van der Waals surface area contributed by atoms with Gasteiger partial charge in [-0.15, -0.1) is 13.2 Å². The lowest BCUT2D eigenvalue weighted by Gasteiger charge is -2.21. The van der Waals surface area contributed by atoms with Gasteiger partial charge in [-0.05, 0) is 219 Å². The minimum Gasteiger partial charge on any atom is -0.406 e. The maximum Gasteiger partial charge on any atom is 0.573 e. The van der Waals surface area contributed by atoms with Gasteiger partial charge in [0.2, 0.25) is 70.9 Å². The summed E-state index contributed by atoms with van der Waals surface area (Å²) >= 11 is 78.6. The third-order valence-corrected chi connectivity index (χ3v) is 32.7. The van der Waals surface area contributed by atoms with Crippen molar-refractivity contribution in [1.29, 1.82) is 5.26 Å². The number of benzene rings is 12. The Hall–Kier alpha value is -11.0. The smallest absolute Gasteiger partial charge is 0.406 e. The minimum absolute atomic E-state index is 0.00658. The fourth-order valence-corrected chi connectivity index (χ4v) is 25.7. The van der Waals surface area contributed by atoms with Crippen molar-refractivity contribution in [3.63, 3.8) is 0 Å². The number of nitriles is 1. The molecule has 0 aromatic heterocycles. The van der Waals surface area contributed by atoms with Crippen LogP contribution >= 0.6 is 171 Å². The summed E-state index contributed by atoms with van der Waals surface area (Å²) in [6.07, 6.45) is -4.78. The van der Waals surface area contributed by atoms with E-state index >= 15 is 0 Å². The molecule has 12 aliphatic rings. The quantitative estimate of drug-likeness (QED) is 0.0973. The standard InChI is InChI=1S/C19H12Cl2F3NO3.C19H12Cl2N2O2.C18H12BrCl2NO2.C18H13Cl2NO2.C17H10BrCl2NO2.C17H11Cl2NO2/c1-18-14(9-2-4-13(5-3-9)28-19(22,23)24)15(18)16(26)25(17(18)27)12-7-10(20)6-11(21)8-12;1-19-15(11-4-2-10(9-22)3-5-11)16(19)17(24)23(18(19)25)14-7-12(20)6-13(21)8-14;1-18-14(9-2-4-10(19)5-3-9)15(18)16(23)22(17(18)24)13-7-11(20)6-12(21)8-13;1-18-14(10-5-3-2-4-6-10)15(18)16(22)21(17(18)23)13-8-11(19)7-12(20)9-13;18-9-3-1-8(2-4-9)13-14-15(13)17(23)21(16(14)22)12-6-10(19)5-11(20)7-12;18-10-6-11(19)8-12(7-10)20-16(21)14-13(15(14)17(20)22)9-4-2-1-3-5-9/h2-8,14-15H,1H3;2-8,15-16H,1H3;2-8,14-15H,1H3;2-9,14-15H,1H3;1-7,13-15H;1-8,13-15H/t14-,15-,18-;15-,16-,19-;2*14-,15-,18-;2*13?,14-,15+/m1111../s1. The monoisotopic (exact) mass is 2310 g/mol. The van der Waals surface area contributed by atoms with Crippen LogP contribution in [0.5, 0.6) is 5.75 Å². The second kappa shape index (κ2) is 38.6. The molecule has 734 valence electrons. The number of anilines is 6. The number of amides is 12. The fourth-order valence-electron chi connectivity index (χ4n) is 22.1. The highest BCUT2D eigenvalue weighted by Gasteiger charge is 2.81. The van der Waals surface area contributed by atoms with E-state index in [1.165, 1.54) is 67.0 Å². The summed E-state index contributed by atoms with van der Waals surface area (Å²) in [5.41, 5.74) is 5.54. The van der Waals surface area contributed by atoms with Gasteiger partial charge in [0.1, 0.15) is 5.75 Å². The molecule has 6 saturated carbocycles. The van der Waals surface area contributed by atoms with Gasteiger partial charge in [-0.3, -0.25) is 57.5 Å². The van der Waals surface area contributed by atoms with Crippen LogP contribution in [0.4, 0.5) is 47.3 Å². The maximum absolute atomic E-state index is 13.0. The van der Waals surface area contributed by atoms with Crippen LogP contribution in [0, 0.1) is 80.3 Å². The first-order valence-corrected chi connectivity index (χ1v) is 50.9. The SMILES string of the molecule is C[C@]12C(=O)N(c3cc(Cl)cc(Cl)c3)C(=O)[C@H]1[C@H]2c1ccc(Br)cc1.C[C@]12C(=O)N(c3cc(Cl)cc(Cl)c3)C(=O)[C@H]1[C@H]2c1ccc(C#N)cc1.C[C@]12C(=O)N(c3cc(Cl)cc(Cl)c3)C(=O)[C@H]1[C@H]2c1ccc(OC(F)(F)F)cc1.C[C@]12C(=O)N(c3cc(Cl)cc(Cl)c3)C(=O)[C@H]1[C@H]2c1ccccc1.O=C1[C@@H]2C(c3ccc(Br)cc3)[C@@H]2C(=O)N1c1cc(Cl)cc(Cl)c1.O=C1[C@@H]2C(c3ccccc3)[C@@H]2C(=O)N1c1cc(Cl)cc(Cl)c1. The summed E-state index contributed by atoms with van der Waals surface area (Å²) in [5.74, 6) is -6.41. The highest BCUT2D eigenvalue weighted by atomic mass is 79.9. The molecule has 12 aromatic rings. The molecule has 6 aliphatic carbocycles. The molecule has 24 rings (SSSR count). The molecule has 2 unspecified atom stereocenters. The number of halogens is 17. The predicted octanol–water partition coefficient (Wildman–Crippen LogP) is 27.2. The zero-order valence-corrected chi connectivity index (χ0v) is 87.6. The molecule has 0 spiro atoms. The molecule has 37 heteroatoms. The van der Waals surface area contributed by atoms with Crippen LogP contribution in [0.1, 0.15) is 102 Å². The lowest BCUT2D eigenvalue weighted by Crippen LogP contribution is -2.36. The molecule has 0 N–H and O–H groups in total. The first-order chi connectivity index (χ1) is 68.7. The van der Waals surface area contributed by atoms with E-state index in [0.717, 1.165) is 41.7 Å². The zero-order chi connectivity index (χ0) is 104. The molecular weight excluding hydrogens is 2250 g/mol. The molecule has 12 fully saturated rings. The Balaban J connectivity index is 0.000000110. The highest BCUT2D eigenvalue weighted by molar-refractivity contribution is 9.10. The van der Waals surface area contributed by atoms with E-state index in [2.05, 4.69) is 42.7 Å². The molecule has 0 radical (unpaired) electrons. The average molecular weight is 2320 g/mol. The van der Waals surface area contributed by atoms with E-state index in [-0.39, 0.29) is 142 Å². The molecule has 12 amide bonds. The van der Waals surface area contributed by atoms with Gasteiger partial charge in [-0.2, -0.15) is 5.26 Å². The van der Waals surface area contributed by atoms with Gasteiger partial charge in [0.15, 0.2) is 0 Å². The van der Waals surface area contributed by atoms with Gasteiger partial charge in [0.25, 0.3) is 0 Å². The fraction of sp³-hybridized carbons (Fsp3) is 0.213. The van der Waals surface area contributed by atoms with Crippen LogP contribution in [0.3, 0.4) is 0 Å². The number of rotatable bonds is 13. The molecule has 12 aromatic carbocycles. The Kier molecular flexibility index (Phi) is 27.3. The number of alkyl halides is 3. The van der Waals surface area contributed by atoms with Crippen LogP contribution in [0.25, 0.3) is 0 Å². The molecular formula is C108H70Br2Cl12F3N7O13. The number of ether oxygens (including phenoxy) is 1. The van der Waals surface area contributed by atoms with Crippen LogP contribution in [-0.4, -0.2) is 77.2 Å². The molecule has 6 saturated heterocycles. The van der Waals surface area contributed by atoms with Crippen LogP contribution in [0.15, 0.2) is 276 Å².